The van der Waals surface area contributed by atoms with Crippen LogP contribution in [0, 0.1) is 6.92 Å². The first-order valence-electron chi connectivity index (χ1n) is 5.03. The summed E-state index contributed by atoms with van der Waals surface area (Å²) in [5, 5.41) is 7.15. The number of rotatable bonds is 7. The predicted molar refractivity (Wildman–Crippen MR) is 54.1 cm³/mol. The van der Waals surface area contributed by atoms with E-state index in [-0.39, 0.29) is 0 Å². The van der Waals surface area contributed by atoms with Crippen LogP contribution in [0.15, 0.2) is 10.6 Å². The van der Waals surface area contributed by atoms with Crippen molar-refractivity contribution < 1.29 is 9.26 Å². The molecule has 0 amide bonds. The Morgan fingerprint density at radius 2 is 2.43 bits per heavy atom. The number of nitrogens with zero attached hydrogens (tertiary/aromatic N) is 1. The molecular weight excluding hydrogens is 180 g/mol. The van der Waals surface area contributed by atoms with Crippen molar-refractivity contribution in [2.75, 3.05) is 19.8 Å². The third-order valence-electron chi connectivity index (χ3n) is 1.83. The van der Waals surface area contributed by atoms with Crippen molar-refractivity contribution >= 4 is 0 Å². The lowest BCUT2D eigenvalue weighted by molar-refractivity contribution is 0.144. The average molecular weight is 198 g/mol. The smallest absolute Gasteiger partial charge is 0.133 e. The van der Waals surface area contributed by atoms with Crippen LogP contribution < -0.4 is 5.32 Å². The van der Waals surface area contributed by atoms with E-state index in [4.69, 9.17) is 9.26 Å². The van der Waals surface area contributed by atoms with Crippen molar-refractivity contribution in [2.24, 2.45) is 0 Å². The van der Waals surface area contributed by atoms with Crippen LogP contribution in [-0.4, -0.2) is 24.9 Å². The van der Waals surface area contributed by atoms with Crippen molar-refractivity contribution in [3.8, 4) is 0 Å². The van der Waals surface area contributed by atoms with E-state index in [1.54, 1.807) is 0 Å². The highest BCUT2D eigenvalue weighted by atomic mass is 16.5. The molecule has 4 heteroatoms. The Labute approximate surface area is 84.6 Å². The fraction of sp³-hybridized carbons (Fsp3) is 0.700. The molecule has 1 aromatic rings. The van der Waals surface area contributed by atoms with E-state index in [1.165, 1.54) is 0 Å². The molecule has 0 saturated carbocycles. The van der Waals surface area contributed by atoms with Gasteiger partial charge in [0.15, 0.2) is 0 Å². The Balaban J connectivity index is 1.99. The fourth-order valence-electron chi connectivity index (χ4n) is 1.16. The first-order valence-corrected chi connectivity index (χ1v) is 5.03. The third kappa shape index (κ3) is 4.39. The predicted octanol–water partition coefficient (Wildman–Crippen LogP) is 1.50. The second kappa shape index (κ2) is 6.56. The maximum atomic E-state index is 5.22. The molecule has 0 aliphatic heterocycles. The standard InChI is InChI=1S/C10H18N2O2/c1-3-13-6-4-5-11-8-10-7-9(2)14-12-10/h7,11H,3-6,8H2,1-2H3. The normalized spacial score (nSPS) is 10.7. The molecule has 0 aromatic carbocycles. The Kier molecular flexibility index (Phi) is 5.25. The maximum Gasteiger partial charge on any atom is 0.133 e. The van der Waals surface area contributed by atoms with E-state index in [9.17, 15) is 0 Å². The number of aromatic nitrogens is 1. The molecule has 0 spiro atoms. The first kappa shape index (κ1) is 11.2. The topological polar surface area (TPSA) is 47.3 Å². The molecule has 1 aromatic heterocycles. The zero-order chi connectivity index (χ0) is 10.2. The lowest BCUT2D eigenvalue weighted by atomic mass is 10.3. The van der Waals surface area contributed by atoms with Crippen LogP contribution in [-0.2, 0) is 11.3 Å². The van der Waals surface area contributed by atoms with Gasteiger partial charge < -0.3 is 14.6 Å². The summed E-state index contributed by atoms with van der Waals surface area (Å²) in [6.45, 7) is 7.23. The van der Waals surface area contributed by atoms with Crippen molar-refractivity contribution in [3.05, 3.63) is 17.5 Å². The van der Waals surface area contributed by atoms with E-state index < -0.39 is 0 Å². The Bertz CT molecular complexity index is 248. The van der Waals surface area contributed by atoms with Crippen molar-refractivity contribution in [1.29, 1.82) is 0 Å². The van der Waals surface area contributed by atoms with Gasteiger partial charge in [-0.1, -0.05) is 5.16 Å². The summed E-state index contributed by atoms with van der Waals surface area (Å²) < 4.78 is 10.2. The van der Waals surface area contributed by atoms with Gasteiger partial charge in [-0.3, -0.25) is 0 Å². The van der Waals surface area contributed by atoms with Gasteiger partial charge in [0.05, 0.1) is 5.69 Å². The summed E-state index contributed by atoms with van der Waals surface area (Å²) in [7, 11) is 0. The van der Waals surface area contributed by atoms with E-state index in [0.717, 1.165) is 44.2 Å². The minimum absolute atomic E-state index is 0.767. The van der Waals surface area contributed by atoms with Gasteiger partial charge in [0, 0.05) is 25.8 Å². The van der Waals surface area contributed by atoms with Crippen LogP contribution in [0.25, 0.3) is 0 Å². The zero-order valence-electron chi connectivity index (χ0n) is 8.88. The second-order valence-corrected chi connectivity index (χ2v) is 3.16. The van der Waals surface area contributed by atoms with Gasteiger partial charge in [0.2, 0.25) is 0 Å². The van der Waals surface area contributed by atoms with Gasteiger partial charge in [0.1, 0.15) is 5.76 Å². The van der Waals surface area contributed by atoms with Crippen molar-refractivity contribution in [1.82, 2.24) is 10.5 Å². The minimum atomic E-state index is 0.767. The highest BCUT2D eigenvalue weighted by Gasteiger charge is 1.98. The highest BCUT2D eigenvalue weighted by Crippen LogP contribution is 2.00. The molecule has 14 heavy (non-hydrogen) atoms. The Morgan fingerprint density at radius 3 is 3.07 bits per heavy atom. The molecule has 0 saturated heterocycles. The molecule has 0 bridgehead atoms. The van der Waals surface area contributed by atoms with Gasteiger partial charge in [-0.2, -0.15) is 0 Å². The lowest BCUT2D eigenvalue weighted by Gasteiger charge is -2.02. The summed E-state index contributed by atoms with van der Waals surface area (Å²) >= 11 is 0. The Hall–Kier alpha value is -0.870. The van der Waals surface area contributed by atoms with Crippen molar-refractivity contribution in [2.45, 2.75) is 26.8 Å². The molecule has 0 atom stereocenters. The van der Waals surface area contributed by atoms with Crippen LogP contribution in [0.1, 0.15) is 24.8 Å². The number of nitrogens with one attached hydrogen (secondary N) is 1. The van der Waals surface area contributed by atoms with E-state index >= 15 is 0 Å². The second-order valence-electron chi connectivity index (χ2n) is 3.16. The van der Waals surface area contributed by atoms with Gasteiger partial charge in [0.25, 0.3) is 0 Å². The van der Waals surface area contributed by atoms with Crippen molar-refractivity contribution in [3.63, 3.8) is 0 Å². The van der Waals surface area contributed by atoms with Crippen LogP contribution >= 0.6 is 0 Å². The van der Waals surface area contributed by atoms with E-state index in [2.05, 4.69) is 10.5 Å². The Morgan fingerprint density at radius 1 is 1.57 bits per heavy atom. The molecule has 1 N–H and O–H groups in total. The first-order chi connectivity index (χ1) is 6.83. The number of hydrogen-bond donors (Lipinski definition) is 1. The van der Waals surface area contributed by atoms with Crippen LogP contribution in [0.4, 0.5) is 0 Å². The molecule has 0 fully saturated rings. The molecular formula is C10H18N2O2. The van der Waals surface area contributed by atoms with Crippen LogP contribution in [0.3, 0.4) is 0 Å². The fourth-order valence-corrected chi connectivity index (χ4v) is 1.16. The highest BCUT2D eigenvalue weighted by molar-refractivity contribution is 5.02. The molecule has 0 radical (unpaired) electrons. The molecule has 0 unspecified atom stereocenters. The molecule has 0 aliphatic rings. The number of ether oxygens (including phenoxy) is 1. The zero-order valence-corrected chi connectivity index (χ0v) is 8.88. The van der Waals surface area contributed by atoms with Crippen LogP contribution in [0.2, 0.25) is 0 Å². The summed E-state index contributed by atoms with van der Waals surface area (Å²) in [6, 6.07) is 1.94. The van der Waals surface area contributed by atoms with Gasteiger partial charge in [-0.05, 0) is 26.8 Å². The monoisotopic (exact) mass is 198 g/mol. The quantitative estimate of drug-likeness (QED) is 0.674. The summed E-state index contributed by atoms with van der Waals surface area (Å²) in [4.78, 5) is 0. The number of aryl methyl sites for hydroxylation is 1. The van der Waals surface area contributed by atoms with Crippen LogP contribution in [0.5, 0.6) is 0 Å². The largest absolute Gasteiger partial charge is 0.382 e. The molecule has 80 valence electrons. The average Bonchev–Trinajstić information content (AvgIpc) is 2.58. The lowest BCUT2D eigenvalue weighted by Crippen LogP contribution is -2.16. The molecule has 1 heterocycles. The molecule has 0 aliphatic carbocycles. The molecule has 4 nitrogen and oxygen atoms in total. The maximum absolute atomic E-state index is 5.22. The van der Waals surface area contributed by atoms with Gasteiger partial charge in [-0.15, -0.1) is 0 Å². The number of hydrogen-bond acceptors (Lipinski definition) is 4. The summed E-state index contributed by atoms with van der Waals surface area (Å²) in [6.07, 6.45) is 1.03. The summed E-state index contributed by atoms with van der Waals surface area (Å²) in [5.41, 5.74) is 0.957. The van der Waals surface area contributed by atoms with Gasteiger partial charge >= 0.3 is 0 Å². The SMILES string of the molecule is CCOCCCNCc1cc(C)on1. The van der Waals surface area contributed by atoms with E-state index in [1.807, 2.05) is 19.9 Å². The van der Waals surface area contributed by atoms with Gasteiger partial charge in [-0.25, -0.2) is 0 Å². The molecule has 1 rings (SSSR count). The summed E-state index contributed by atoms with van der Waals surface area (Å²) in [5.74, 6) is 0.858. The van der Waals surface area contributed by atoms with E-state index in [0.29, 0.717) is 0 Å². The minimum Gasteiger partial charge on any atom is -0.382 e. The third-order valence-corrected chi connectivity index (χ3v) is 1.83.